The second kappa shape index (κ2) is 5.99. The van der Waals surface area contributed by atoms with Crippen molar-refractivity contribution in [3.05, 3.63) is 29.3 Å². The number of thiophene rings is 1. The summed E-state index contributed by atoms with van der Waals surface area (Å²) in [5.74, 6) is -0.124. The monoisotopic (exact) mass is 280 g/mol. The van der Waals surface area contributed by atoms with Crippen LogP contribution in [-0.4, -0.2) is 22.3 Å². The van der Waals surface area contributed by atoms with Crippen molar-refractivity contribution >= 4 is 17.3 Å². The Bertz CT molecular complexity index is 534. The van der Waals surface area contributed by atoms with Crippen molar-refractivity contribution in [3.63, 3.8) is 0 Å². The molecule has 0 aliphatic carbocycles. The van der Waals surface area contributed by atoms with E-state index < -0.39 is 12.0 Å². The lowest BCUT2D eigenvalue weighted by molar-refractivity contribution is -0.140. The molecule has 0 aliphatic heterocycles. The van der Waals surface area contributed by atoms with Gasteiger partial charge >= 0.3 is 5.97 Å². The van der Waals surface area contributed by atoms with Gasteiger partial charge in [0.2, 0.25) is 0 Å². The van der Waals surface area contributed by atoms with Gasteiger partial charge < -0.3 is 9.63 Å². The predicted octanol–water partition coefficient (Wildman–Crippen LogP) is 2.60. The van der Waals surface area contributed by atoms with Gasteiger partial charge in [-0.1, -0.05) is 25.1 Å². The summed E-state index contributed by atoms with van der Waals surface area (Å²) in [5, 5.41) is 18.0. The average molecular weight is 280 g/mol. The molecular weight excluding hydrogens is 264 g/mol. The van der Waals surface area contributed by atoms with E-state index in [0.29, 0.717) is 18.0 Å². The quantitative estimate of drug-likeness (QED) is 0.850. The minimum atomic E-state index is -0.850. The molecule has 0 saturated carbocycles. The second-order valence-electron chi connectivity index (χ2n) is 4.60. The number of carboxylic acid groups (broad SMARTS) is 1. The first-order chi connectivity index (χ1) is 9.08. The van der Waals surface area contributed by atoms with Crippen LogP contribution in [0.25, 0.3) is 10.6 Å². The molecule has 0 spiro atoms. The number of hydrogen-bond donors (Lipinski definition) is 2. The number of rotatable bonds is 6. The van der Waals surface area contributed by atoms with Gasteiger partial charge in [-0.2, -0.15) is 0 Å². The number of aliphatic carboxylic acids is 1. The Morgan fingerprint density at radius 2 is 2.37 bits per heavy atom. The summed E-state index contributed by atoms with van der Waals surface area (Å²) >= 11 is 1.58. The van der Waals surface area contributed by atoms with E-state index in [2.05, 4.69) is 10.5 Å². The van der Waals surface area contributed by atoms with E-state index in [0.717, 1.165) is 4.88 Å². The van der Waals surface area contributed by atoms with E-state index in [-0.39, 0.29) is 5.92 Å². The standard InChI is InChI=1S/C13H16N2O3S/c1-8(2)12(13(16)17)14-7-9-6-10(18-15-9)11-4-3-5-19-11/h3-6,8,12,14H,7H2,1-2H3,(H,16,17). The molecule has 0 saturated heterocycles. The highest BCUT2D eigenvalue weighted by Gasteiger charge is 2.21. The Morgan fingerprint density at radius 3 is 2.95 bits per heavy atom. The molecule has 2 rings (SSSR count). The van der Waals surface area contributed by atoms with Crippen LogP contribution in [0, 0.1) is 5.92 Å². The Hall–Kier alpha value is -1.66. The van der Waals surface area contributed by atoms with Gasteiger partial charge in [0.05, 0.1) is 10.6 Å². The highest BCUT2D eigenvalue weighted by atomic mass is 32.1. The second-order valence-corrected chi connectivity index (χ2v) is 5.55. The third-order valence-corrected chi connectivity index (χ3v) is 3.64. The number of nitrogens with one attached hydrogen (secondary N) is 1. The van der Waals surface area contributed by atoms with Gasteiger partial charge in [0.15, 0.2) is 5.76 Å². The summed E-state index contributed by atoms with van der Waals surface area (Å²) in [6.07, 6.45) is 0. The molecule has 0 aromatic carbocycles. The lowest BCUT2D eigenvalue weighted by Crippen LogP contribution is -2.40. The Kier molecular flexibility index (Phi) is 4.34. The third-order valence-electron chi connectivity index (χ3n) is 2.76. The molecule has 1 atom stereocenters. The van der Waals surface area contributed by atoms with Crippen LogP contribution < -0.4 is 5.32 Å². The average Bonchev–Trinajstić information content (AvgIpc) is 2.98. The first kappa shape index (κ1) is 13.8. The normalized spacial score (nSPS) is 12.8. The molecule has 6 heteroatoms. The molecule has 2 N–H and O–H groups in total. The van der Waals surface area contributed by atoms with E-state index in [9.17, 15) is 4.79 Å². The van der Waals surface area contributed by atoms with Crippen molar-refractivity contribution in [1.29, 1.82) is 0 Å². The summed E-state index contributed by atoms with van der Waals surface area (Å²) < 4.78 is 5.24. The smallest absolute Gasteiger partial charge is 0.320 e. The molecule has 2 heterocycles. The SMILES string of the molecule is CC(C)C(NCc1cc(-c2cccs2)on1)C(=O)O. The van der Waals surface area contributed by atoms with Gasteiger partial charge in [0.25, 0.3) is 0 Å². The van der Waals surface area contributed by atoms with E-state index in [1.165, 1.54) is 0 Å². The maximum absolute atomic E-state index is 11.0. The van der Waals surface area contributed by atoms with Gasteiger partial charge in [-0.25, -0.2) is 0 Å². The molecule has 0 fully saturated rings. The van der Waals surface area contributed by atoms with Gasteiger partial charge in [-0.3, -0.25) is 10.1 Å². The largest absolute Gasteiger partial charge is 0.480 e. The van der Waals surface area contributed by atoms with Crippen molar-refractivity contribution in [2.24, 2.45) is 5.92 Å². The molecule has 1 unspecified atom stereocenters. The number of aromatic nitrogens is 1. The molecular formula is C13H16N2O3S. The van der Waals surface area contributed by atoms with Crippen molar-refractivity contribution in [3.8, 4) is 10.6 Å². The molecule has 0 amide bonds. The van der Waals surface area contributed by atoms with Gasteiger partial charge in [0, 0.05) is 12.6 Å². The minimum absolute atomic E-state index is 0.0150. The van der Waals surface area contributed by atoms with Crippen LogP contribution in [0.1, 0.15) is 19.5 Å². The van der Waals surface area contributed by atoms with Gasteiger partial charge in [-0.15, -0.1) is 11.3 Å². The molecule has 0 radical (unpaired) electrons. The predicted molar refractivity (Wildman–Crippen MR) is 72.9 cm³/mol. The molecule has 102 valence electrons. The van der Waals surface area contributed by atoms with Crippen molar-refractivity contribution in [1.82, 2.24) is 10.5 Å². The molecule has 5 nitrogen and oxygen atoms in total. The van der Waals surface area contributed by atoms with E-state index in [4.69, 9.17) is 9.63 Å². The van der Waals surface area contributed by atoms with Crippen LogP contribution in [0.2, 0.25) is 0 Å². The highest BCUT2D eigenvalue weighted by Crippen LogP contribution is 2.25. The van der Waals surface area contributed by atoms with Crippen molar-refractivity contribution < 1.29 is 14.4 Å². The van der Waals surface area contributed by atoms with Crippen molar-refractivity contribution in [2.75, 3.05) is 0 Å². The lowest BCUT2D eigenvalue weighted by Gasteiger charge is -2.16. The Morgan fingerprint density at radius 1 is 1.58 bits per heavy atom. The summed E-state index contributed by atoms with van der Waals surface area (Å²) in [6, 6.07) is 5.15. The number of carboxylic acids is 1. The van der Waals surface area contributed by atoms with Crippen molar-refractivity contribution in [2.45, 2.75) is 26.4 Å². The third kappa shape index (κ3) is 3.42. The Labute approximate surface area is 115 Å². The van der Waals surface area contributed by atoms with Crippen LogP contribution in [0.15, 0.2) is 28.1 Å². The highest BCUT2D eigenvalue weighted by molar-refractivity contribution is 7.13. The summed E-state index contributed by atoms with van der Waals surface area (Å²) in [7, 11) is 0. The summed E-state index contributed by atoms with van der Waals surface area (Å²) in [5.41, 5.74) is 0.704. The zero-order valence-electron chi connectivity index (χ0n) is 10.8. The van der Waals surface area contributed by atoms with E-state index in [1.807, 2.05) is 37.4 Å². The van der Waals surface area contributed by atoms with Crippen LogP contribution in [0.4, 0.5) is 0 Å². The van der Waals surface area contributed by atoms with Crippen LogP contribution >= 0.6 is 11.3 Å². The summed E-state index contributed by atoms with van der Waals surface area (Å²) in [6.45, 7) is 4.11. The van der Waals surface area contributed by atoms with Gasteiger partial charge in [0.1, 0.15) is 6.04 Å². The Balaban J connectivity index is 1.99. The maximum Gasteiger partial charge on any atom is 0.320 e. The fourth-order valence-corrected chi connectivity index (χ4v) is 2.43. The molecule has 0 aliphatic rings. The van der Waals surface area contributed by atoms with Crippen LogP contribution in [-0.2, 0) is 11.3 Å². The maximum atomic E-state index is 11.0. The fraction of sp³-hybridized carbons (Fsp3) is 0.385. The molecule has 0 bridgehead atoms. The van der Waals surface area contributed by atoms with E-state index in [1.54, 1.807) is 11.3 Å². The molecule has 2 aromatic rings. The van der Waals surface area contributed by atoms with Crippen LogP contribution in [0.5, 0.6) is 0 Å². The molecule has 19 heavy (non-hydrogen) atoms. The zero-order chi connectivity index (χ0) is 13.8. The number of hydrogen-bond acceptors (Lipinski definition) is 5. The fourth-order valence-electron chi connectivity index (χ4n) is 1.75. The molecule has 2 aromatic heterocycles. The van der Waals surface area contributed by atoms with Crippen LogP contribution in [0.3, 0.4) is 0 Å². The minimum Gasteiger partial charge on any atom is -0.480 e. The first-order valence-corrected chi connectivity index (χ1v) is 6.91. The lowest BCUT2D eigenvalue weighted by atomic mass is 10.0. The number of nitrogens with zero attached hydrogens (tertiary/aromatic N) is 1. The zero-order valence-corrected chi connectivity index (χ0v) is 11.6. The topological polar surface area (TPSA) is 75.4 Å². The summed E-state index contributed by atoms with van der Waals surface area (Å²) in [4.78, 5) is 12.1. The number of carbonyl (C=O) groups is 1. The van der Waals surface area contributed by atoms with Gasteiger partial charge in [-0.05, 0) is 17.4 Å². The first-order valence-electron chi connectivity index (χ1n) is 6.03. The van der Waals surface area contributed by atoms with E-state index >= 15 is 0 Å².